The highest BCUT2D eigenvalue weighted by atomic mass is 31.1. The number of aldehydes is 1. The number of allylic oxidation sites excluding steroid dienone is 1. The van der Waals surface area contributed by atoms with Crippen LogP contribution in [0.4, 0.5) is 0 Å². The molecule has 0 saturated carbocycles. The number of hydrogen-bond donors (Lipinski definition) is 0. The summed E-state index contributed by atoms with van der Waals surface area (Å²) in [6, 6.07) is 7.69. The van der Waals surface area contributed by atoms with Gasteiger partial charge in [0.15, 0.2) is 0 Å². The predicted octanol–water partition coefficient (Wildman–Crippen LogP) is 1.94. The first-order valence-corrected chi connectivity index (χ1v) is 6.38. The minimum absolute atomic E-state index is 0.00676. The lowest BCUT2D eigenvalue weighted by atomic mass is 10.6. The molecule has 16 heavy (non-hydrogen) atoms. The van der Waals surface area contributed by atoms with Crippen LogP contribution in [0.3, 0.4) is 0 Å². The number of furan rings is 2. The quantitative estimate of drug-likeness (QED) is 0.461. The van der Waals surface area contributed by atoms with Crippen LogP contribution in [-0.4, -0.2) is 12.1 Å². The van der Waals surface area contributed by atoms with Gasteiger partial charge in [0.05, 0.1) is 12.5 Å². The second kappa shape index (κ2) is 4.11. The molecule has 1 atom stereocenters. The summed E-state index contributed by atoms with van der Waals surface area (Å²) in [4.78, 5) is 0. The third-order valence-electron chi connectivity index (χ3n) is 2.31. The molecule has 3 rings (SSSR count). The highest BCUT2D eigenvalue weighted by Gasteiger charge is 2.36. The van der Waals surface area contributed by atoms with Crippen LogP contribution in [-0.2, 0) is 4.42 Å². The van der Waals surface area contributed by atoms with Crippen LogP contribution in [0.1, 0.15) is 0 Å². The van der Waals surface area contributed by atoms with E-state index in [1.54, 1.807) is 18.8 Å². The lowest BCUT2D eigenvalue weighted by molar-refractivity contribution is -0.452. The van der Waals surface area contributed by atoms with E-state index in [0.29, 0.717) is 0 Å². The van der Waals surface area contributed by atoms with Crippen molar-refractivity contribution in [2.24, 2.45) is 0 Å². The summed E-state index contributed by atoms with van der Waals surface area (Å²) in [5.74, 6) is 0.00676. The smallest absolute Gasteiger partial charge is 0.319 e. The minimum Gasteiger partial charge on any atom is -0.464 e. The van der Waals surface area contributed by atoms with Crippen LogP contribution in [0.25, 0.3) is 0 Å². The third-order valence-corrected chi connectivity index (χ3v) is 4.58. The molecule has 2 aromatic rings. The zero-order valence-corrected chi connectivity index (χ0v) is 9.34. The summed E-state index contributed by atoms with van der Waals surface area (Å²) < 4.78 is 16.5. The van der Waals surface area contributed by atoms with Gasteiger partial charge in [0.25, 0.3) is 0 Å². The average Bonchev–Trinajstić information content (AvgIpc) is 3.02. The van der Waals surface area contributed by atoms with E-state index in [1.807, 2.05) is 36.4 Å². The van der Waals surface area contributed by atoms with Crippen molar-refractivity contribution >= 4 is 25.2 Å². The average molecular weight is 233 g/mol. The molecule has 1 unspecified atom stereocenters. The Morgan fingerprint density at radius 3 is 2.19 bits per heavy atom. The normalized spacial score (nSPS) is 18.7. The summed E-state index contributed by atoms with van der Waals surface area (Å²) in [5, 5.41) is 0. The maximum Gasteiger partial charge on any atom is 0.319 e. The van der Waals surface area contributed by atoms with Gasteiger partial charge < -0.3 is 8.83 Å². The Bertz CT molecular complexity index is 450. The summed E-state index contributed by atoms with van der Waals surface area (Å²) in [6.07, 6.45) is 8.99. The predicted molar refractivity (Wildman–Crippen MR) is 62.6 cm³/mol. The molecular formula is C12H10O3P+. The van der Waals surface area contributed by atoms with Crippen LogP contribution in [0.15, 0.2) is 57.8 Å². The highest BCUT2D eigenvalue weighted by Crippen LogP contribution is 2.40. The van der Waals surface area contributed by atoms with Gasteiger partial charge in [-0.2, -0.15) is 0 Å². The van der Waals surface area contributed by atoms with Gasteiger partial charge in [-0.3, -0.25) is 0 Å². The van der Waals surface area contributed by atoms with E-state index >= 15 is 0 Å². The van der Waals surface area contributed by atoms with E-state index in [0.717, 1.165) is 11.0 Å². The zero-order valence-electron chi connectivity index (χ0n) is 8.45. The molecule has 3 nitrogen and oxygen atoms in total. The van der Waals surface area contributed by atoms with Crippen LogP contribution < -0.4 is 11.0 Å². The molecule has 0 N–H and O–H groups in total. The molecule has 0 spiro atoms. The van der Waals surface area contributed by atoms with Gasteiger partial charge in [-0.15, -0.1) is 0 Å². The van der Waals surface area contributed by atoms with Crippen molar-refractivity contribution in [2.45, 2.75) is 5.85 Å². The van der Waals surface area contributed by atoms with Gasteiger partial charge in [-0.1, -0.05) is 0 Å². The molecule has 0 radical (unpaired) electrons. The van der Waals surface area contributed by atoms with E-state index in [4.69, 9.17) is 13.3 Å². The van der Waals surface area contributed by atoms with Crippen LogP contribution in [0.5, 0.6) is 0 Å². The number of rotatable bonds is 3. The van der Waals surface area contributed by atoms with Gasteiger partial charge in [0.2, 0.25) is 0 Å². The standard InChI is InChI=1S/C12H10O3P/c1-4-10(13-7-1)16(11-5-2-8-14-11)12-6-3-9-15-12/h1-10H/q+1. The van der Waals surface area contributed by atoms with Crippen LogP contribution in [0.2, 0.25) is 0 Å². The summed E-state index contributed by atoms with van der Waals surface area (Å²) in [7, 11) is -0.752. The molecule has 1 aliphatic rings. The first kappa shape index (κ1) is 9.61. The van der Waals surface area contributed by atoms with Crippen molar-refractivity contribution in [2.75, 3.05) is 0 Å². The molecule has 3 heterocycles. The van der Waals surface area contributed by atoms with Gasteiger partial charge in [-0.05, 0) is 24.3 Å². The molecule has 0 aliphatic carbocycles. The van der Waals surface area contributed by atoms with Crippen molar-refractivity contribution < 1.29 is 13.3 Å². The fourth-order valence-corrected chi connectivity index (χ4v) is 3.66. The SMILES string of the molecule is C1=CC(P(c2ccco2)c2ccco2)[O+]=C1. The third kappa shape index (κ3) is 1.63. The van der Waals surface area contributed by atoms with Crippen molar-refractivity contribution in [3.05, 3.63) is 48.9 Å². The monoisotopic (exact) mass is 233 g/mol. The molecule has 0 saturated heterocycles. The van der Waals surface area contributed by atoms with Gasteiger partial charge >= 0.3 is 12.1 Å². The molecule has 0 bridgehead atoms. The van der Waals surface area contributed by atoms with Crippen molar-refractivity contribution in [3.63, 3.8) is 0 Å². The Hall–Kier alpha value is -1.60. The second-order valence-electron chi connectivity index (χ2n) is 3.32. The van der Waals surface area contributed by atoms with Crippen LogP contribution in [0, 0.1) is 0 Å². The molecule has 0 aromatic carbocycles. The molecule has 2 aromatic heterocycles. The van der Waals surface area contributed by atoms with Gasteiger partial charge in [0, 0.05) is 12.2 Å². The highest BCUT2D eigenvalue weighted by molar-refractivity contribution is 7.72. The maximum absolute atomic E-state index is 5.54. The molecule has 0 fully saturated rings. The first-order valence-electron chi connectivity index (χ1n) is 4.97. The molecule has 4 heteroatoms. The first-order chi connectivity index (χ1) is 7.95. The lowest BCUT2D eigenvalue weighted by Crippen LogP contribution is -2.17. The van der Waals surface area contributed by atoms with Crippen LogP contribution >= 0.6 is 7.92 Å². The van der Waals surface area contributed by atoms with Crippen molar-refractivity contribution in [3.8, 4) is 0 Å². The van der Waals surface area contributed by atoms with E-state index in [-0.39, 0.29) is 5.85 Å². The fraction of sp³-hybridized carbons (Fsp3) is 0.0833. The number of hydrogen-bond acceptors (Lipinski definition) is 2. The van der Waals surface area contributed by atoms with E-state index in [1.165, 1.54) is 0 Å². The molecule has 0 amide bonds. The fourth-order valence-electron chi connectivity index (χ4n) is 1.63. The largest absolute Gasteiger partial charge is 0.464 e. The zero-order chi connectivity index (χ0) is 10.8. The molecule has 80 valence electrons. The van der Waals surface area contributed by atoms with Gasteiger partial charge in [-0.25, -0.2) is 4.42 Å². The molecular weight excluding hydrogens is 223 g/mol. The second-order valence-corrected chi connectivity index (χ2v) is 5.45. The maximum atomic E-state index is 5.54. The lowest BCUT2D eigenvalue weighted by Gasteiger charge is -2.08. The summed E-state index contributed by atoms with van der Waals surface area (Å²) in [6.45, 7) is 0. The summed E-state index contributed by atoms with van der Waals surface area (Å²) in [5.41, 5.74) is 1.82. The Kier molecular flexibility index (Phi) is 2.47. The Morgan fingerprint density at radius 1 is 1.06 bits per heavy atom. The summed E-state index contributed by atoms with van der Waals surface area (Å²) >= 11 is 0. The Balaban J connectivity index is 2.01. The Labute approximate surface area is 93.8 Å². The van der Waals surface area contributed by atoms with Crippen molar-refractivity contribution in [1.29, 1.82) is 0 Å². The van der Waals surface area contributed by atoms with Gasteiger partial charge in [0.1, 0.15) is 18.9 Å². The van der Waals surface area contributed by atoms with E-state index in [2.05, 4.69) is 0 Å². The minimum atomic E-state index is -0.752. The Morgan fingerprint density at radius 2 is 1.75 bits per heavy atom. The molecule has 1 aliphatic heterocycles. The topological polar surface area (TPSA) is 37.6 Å². The van der Waals surface area contributed by atoms with E-state index < -0.39 is 7.92 Å². The van der Waals surface area contributed by atoms with E-state index in [9.17, 15) is 0 Å². The number of carbonyl (C=O) groups excluding carboxylic acids is 1. The van der Waals surface area contributed by atoms with Crippen molar-refractivity contribution in [1.82, 2.24) is 0 Å².